The van der Waals surface area contributed by atoms with Crippen molar-refractivity contribution in [2.24, 2.45) is 0 Å². The minimum absolute atomic E-state index is 0.271. The lowest BCUT2D eigenvalue weighted by Gasteiger charge is -2.13. The van der Waals surface area contributed by atoms with E-state index in [-0.39, 0.29) is 5.91 Å². The fourth-order valence-corrected chi connectivity index (χ4v) is 3.98. The number of carbonyl (C=O) groups excluding carboxylic acids is 1. The molecule has 1 amide bonds. The molecule has 0 radical (unpaired) electrons. The van der Waals surface area contributed by atoms with E-state index in [1.54, 1.807) is 55.0 Å². The highest BCUT2D eigenvalue weighted by Gasteiger charge is 2.13. The normalized spacial score (nSPS) is 11.8. The van der Waals surface area contributed by atoms with Gasteiger partial charge in [-0.2, -0.15) is 10.2 Å². The molecule has 1 unspecified atom stereocenters. The number of aliphatic hydroxyl groups excluding tert-OH is 1. The van der Waals surface area contributed by atoms with Gasteiger partial charge in [0.1, 0.15) is 11.4 Å². The zero-order valence-corrected chi connectivity index (χ0v) is 19.9. The van der Waals surface area contributed by atoms with E-state index >= 15 is 0 Å². The Kier molecular flexibility index (Phi) is 6.04. The average Bonchev–Trinajstić information content (AvgIpc) is 3.76. The molecule has 0 bridgehead atoms. The molecule has 0 aliphatic carbocycles. The van der Waals surface area contributed by atoms with E-state index < -0.39 is 6.23 Å². The summed E-state index contributed by atoms with van der Waals surface area (Å²) in [4.78, 5) is 12.7. The highest BCUT2D eigenvalue weighted by atomic mass is 16.3. The Bertz CT molecular complexity index is 1630. The quantitative estimate of drug-likeness (QED) is 0.167. The Hall–Kier alpha value is -5.35. The fourth-order valence-electron chi connectivity index (χ4n) is 3.98. The molecule has 188 valence electrons. The number of aromatic nitrogens is 4. The molecule has 6 rings (SSSR count). The van der Waals surface area contributed by atoms with Crippen molar-refractivity contribution < 1.29 is 18.7 Å². The molecule has 6 aromatic rings. The first-order valence-electron chi connectivity index (χ1n) is 11.8. The zero-order chi connectivity index (χ0) is 25.9. The second kappa shape index (κ2) is 9.96. The molecule has 5 N–H and O–H groups in total. The first kappa shape index (κ1) is 23.1. The maximum atomic E-state index is 12.7. The third-order valence-electron chi connectivity index (χ3n) is 5.96. The van der Waals surface area contributed by atoms with Crippen LogP contribution in [-0.4, -0.2) is 31.4 Å². The van der Waals surface area contributed by atoms with E-state index in [0.717, 1.165) is 11.1 Å². The maximum absolute atomic E-state index is 12.7. The molecule has 4 aromatic heterocycles. The van der Waals surface area contributed by atoms with Crippen molar-refractivity contribution in [1.29, 1.82) is 0 Å². The number of anilines is 2. The van der Waals surface area contributed by atoms with E-state index in [2.05, 4.69) is 31.0 Å². The molecule has 10 heteroatoms. The number of H-pyrrole nitrogens is 2. The van der Waals surface area contributed by atoms with Crippen molar-refractivity contribution in [2.75, 3.05) is 10.6 Å². The molecule has 0 aliphatic heterocycles. The van der Waals surface area contributed by atoms with Gasteiger partial charge in [-0.05, 0) is 47.5 Å². The van der Waals surface area contributed by atoms with E-state index in [9.17, 15) is 9.90 Å². The van der Waals surface area contributed by atoms with Crippen molar-refractivity contribution >= 4 is 17.5 Å². The topological polar surface area (TPSA) is 145 Å². The number of carbonyl (C=O) groups is 1. The Morgan fingerprint density at radius 3 is 1.89 bits per heavy atom. The van der Waals surface area contributed by atoms with Crippen molar-refractivity contribution in [1.82, 2.24) is 20.4 Å². The Morgan fingerprint density at radius 2 is 1.32 bits per heavy atom. The second-order valence-corrected chi connectivity index (χ2v) is 8.49. The molecular weight excluding hydrogens is 484 g/mol. The molecular formula is C28H22N6O4. The maximum Gasteiger partial charge on any atom is 0.256 e. The van der Waals surface area contributed by atoms with Gasteiger partial charge in [0.2, 0.25) is 0 Å². The van der Waals surface area contributed by atoms with Crippen LogP contribution in [0.3, 0.4) is 0 Å². The molecule has 1 atom stereocenters. The zero-order valence-electron chi connectivity index (χ0n) is 19.9. The van der Waals surface area contributed by atoms with Gasteiger partial charge in [-0.1, -0.05) is 36.4 Å². The molecule has 10 nitrogen and oxygen atoms in total. The third kappa shape index (κ3) is 4.84. The molecule has 2 aromatic carbocycles. The van der Waals surface area contributed by atoms with Gasteiger partial charge < -0.3 is 24.6 Å². The van der Waals surface area contributed by atoms with E-state index in [4.69, 9.17) is 8.83 Å². The highest BCUT2D eigenvalue weighted by Crippen LogP contribution is 2.26. The lowest BCUT2D eigenvalue weighted by molar-refractivity contribution is 0.102. The van der Waals surface area contributed by atoms with Crippen molar-refractivity contribution in [3.05, 3.63) is 109 Å². The van der Waals surface area contributed by atoms with Crippen molar-refractivity contribution in [3.63, 3.8) is 0 Å². The van der Waals surface area contributed by atoms with Crippen LogP contribution >= 0.6 is 0 Å². The van der Waals surface area contributed by atoms with Gasteiger partial charge in [-0.15, -0.1) is 0 Å². The molecule has 4 heterocycles. The largest absolute Gasteiger partial charge is 0.463 e. The number of nitrogens with one attached hydrogen (secondary N) is 4. The number of furan rings is 2. The van der Waals surface area contributed by atoms with Crippen molar-refractivity contribution in [2.45, 2.75) is 6.23 Å². The van der Waals surface area contributed by atoms with Gasteiger partial charge >= 0.3 is 0 Å². The smallest absolute Gasteiger partial charge is 0.256 e. The summed E-state index contributed by atoms with van der Waals surface area (Å²) in [6.07, 6.45) is 2.21. The Labute approximate surface area is 216 Å². The highest BCUT2D eigenvalue weighted by molar-refractivity contribution is 6.04. The Balaban J connectivity index is 1.08. The van der Waals surface area contributed by atoms with Gasteiger partial charge in [0.15, 0.2) is 29.4 Å². The van der Waals surface area contributed by atoms with E-state index in [1.165, 1.54) is 0 Å². The van der Waals surface area contributed by atoms with Gasteiger partial charge in [0, 0.05) is 23.3 Å². The summed E-state index contributed by atoms with van der Waals surface area (Å²) in [6.45, 7) is 0. The molecule has 0 saturated heterocycles. The number of nitrogens with zero attached hydrogens (tertiary/aromatic N) is 2. The average molecular weight is 507 g/mol. The van der Waals surface area contributed by atoms with E-state index in [1.807, 2.05) is 42.5 Å². The summed E-state index contributed by atoms with van der Waals surface area (Å²) in [5.74, 6) is 1.92. The van der Waals surface area contributed by atoms with Crippen LogP contribution in [0.1, 0.15) is 22.1 Å². The van der Waals surface area contributed by atoms with Crippen molar-refractivity contribution in [3.8, 4) is 34.0 Å². The number of aliphatic hydroxyl groups is 1. The van der Waals surface area contributed by atoms with Gasteiger partial charge in [-0.25, -0.2) is 0 Å². The monoisotopic (exact) mass is 506 g/mol. The minimum Gasteiger partial charge on any atom is -0.463 e. The van der Waals surface area contributed by atoms with Gasteiger partial charge in [0.25, 0.3) is 5.91 Å². The van der Waals surface area contributed by atoms with E-state index in [0.29, 0.717) is 45.7 Å². The molecule has 0 saturated carbocycles. The molecule has 0 spiro atoms. The van der Waals surface area contributed by atoms with Crippen LogP contribution < -0.4 is 10.6 Å². The summed E-state index contributed by atoms with van der Waals surface area (Å²) in [6, 6.07) is 25.4. The minimum atomic E-state index is -0.946. The van der Waals surface area contributed by atoms with Crippen LogP contribution in [-0.2, 0) is 0 Å². The number of amides is 1. The number of rotatable bonds is 8. The standard InChI is InChI=1S/C28H22N6O4/c35-27(29-25-15-21(31-33-25)23-3-1-13-37-23)19-9-5-17(6-10-19)18-7-11-20(12-8-18)28(36)30-26-16-22(32-34-26)24-4-2-14-38-24/h1-16,27,35H,(H2,29,31,33)(H2,30,32,34,36). The number of hydrogen-bond donors (Lipinski definition) is 5. The predicted molar refractivity (Wildman–Crippen MR) is 141 cm³/mol. The summed E-state index contributed by atoms with van der Waals surface area (Å²) in [7, 11) is 0. The van der Waals surface area contributed by atoms with Crippen LogP contribution in [0.15, 0.2) is 106 Å². The summed E-state index contributed by atoms with van der Waals surface area (Å²) < 4.78 is 10.7. The van der Waals surface area contributed by atoms with Crippen LogP contribution in [0.4, 0.5) is 11.6 Å². The van der Waals surface area contributed by atoms with Crippen LogP contribution in [0, 0.1) is 0 Å². The molecule has 38 heavy (non-hydrogen) atoms. The van der Waals surface area contributed by atoms with Crippen LogP contribution in [0.5, 0.6) is 0 Å². The Morgan fingerprint density at radius 1 is 0.763 bits per heavy atom. The van der Waals surface area contributed by atoms with Crippen LogP contribution in [0.25, 0.3) is 34.0 Å². The third-order valence-corrected chi connectivity index (χ3v) is 5.96. The summed E-state index contributed by atoms with van der Waals surface area (Å²) >= 11 is 0. The first-order chi connectivity index (χ1) is 18.6. The molecule has 0 fully saturated rings. The number of benzene rings is 2. The summed E-state index contributed by atoms with van der Waals surface area (Å²) in [5, 5.41) is 30.3. The second-order valence-electron chi connectivity index (χ2n) is 8.49. The number of hydrogen-bond acceptors (Lipinski definition) is 7. The number of aromatic amines is 2. The lowest BCUT2D eigenvalue weighted by Crippen LogP contribution is -2.12. The predicted octanol–water partition coefficient (Wildman–Crippen LogP) is 5.68. The SMILES string of the molecule is O=C(Nc1cc(-c2ccco2)[nH]n1)c1ccc(-c2ccc(C(O)Nc3cc(-c4ccco4)[nH]n3)cc2)cc1. The fraction of sp³-hybridized carbons (Fsp3) is 0.0357. The van der Waals surface area contributed by atoms with Crippen LogP contribution in [0.2, 0.25) is 0 Å². The molecule has 0 aliphatic rings. The van der Waals surface area contributed by atoms with Gasteiger partial charge in [-0.3, -0.25) is 15.0 Å². The van der Waals surface area contributed by atoms with Gasteiger partial charge in [0.05, 0.1) is 12.5 Å². The first-order valence-corrected chi connectivity index (χ1v) is 11.8. The summed E-state index contributed by atoms with van der Waals surface area (Å²) in [5.41, 5.74) is 4.45. The lowest BCUT2D eigenvalue weighted by atomic mass is 10.0.